The highest BCUT2D eigenvalue weighted by Crippen LogP contribution is 2.62. The average Bonchev–Trinajstić information content (AvgIpc) is 2.77. The molecule has 0 N–H and O–H groups in total. The van der Waals surface area contributed by atoms with E-state index < -0.39 is 0 Å². The number of hydrogen-bond donors (Lipinski definition) is 0. The van der Waals surface area contributed by atoms with Crippen molar-refractivity contribution in [2.24, 2.45) is 16.7 Å². The molecular weight excluding hydrogens is 328 g/mol. The number of carbonyl (C=O) groups excluding carboxylic acids is 1. The SMILES string of the molecule is COC[C@@]12CN(C(=O)CN3CCOc4ccccc4C3)C[C@@H]1C(C)(C)C2. The lowest BCUT2D eigenvalue weighted by Gasteiger charge is -2.56. The number of nitrogens with zero attached hydrogens (tertiary/aromatic N) is 2. The van der Waals surface area contributed by atoms with Gasteiger partial charge in [-0.05, 0) is 23.8 Å². The molecular formula is C21H30N2O3. The first kappa shape index (κ1) is 17.8. The van der Waals surface area contributed by atoms with Gasteiger partial charge in [-0.2, -0.15) is 0 Å². The van der Waals surface area contributed by atoms with Gasteiger partial charge in [0, 0.05) is 44.3 Å². The molecule has 1 amide bonds. The van der Waals surface area contributed by atoms with E-state index in [2.05, 4.69) is 29.7 Å². The predicted octanol–water partition coefficient (Wildman–Crippen LogP) is 2.40. The third-order valence-electron chi connectivity index (χ3n) is 6.57. The summed E-state index contributed by atoms with van der Waals surface area (Å²) in [4.78, 5) is 17.3. The summed E-state index contributed by atoms with van der Waals surface area (Å²) in [5.74, 6) is 1.74. The number of carbonyl (C=O) groups is 1. The number of likely N-dealkylation sites (tertiary alicyclic amines) is 1. The highest BCUT2D eigenvalue weighted by Gasteiger charge is 2.63. The number of rotatable bonds is 4. The van der Waals surface area contributed by atoms with Crippen LogP contribution in [0.4, 0.5) is 0 Å². The molecule has 2 aliphatic heterocycles. The first-order chi connectivity index (χ1) is 12.4. The number of benzene rings is 1. The number of hydrogen-bond acceptors (Lipinski definition) is 4. The van der Waals surface area contributed by atoms with Gasteiger partial charge in [0.15, 0.2) is 0 Å². The van der Waals surface area contributed by atoms with Gasteiger partial charge in [0.1, 0.15) is 12.4 Å². The molecule has 1 saturated carbocycles. The lowest BCUT2D eigenvalue weighted by atomic mass is 9.48. The second-order valence-corrected chi connectivity index (χ2v) is 8.95. The van der Waals surface area contributed by atoms with Gasteiger partial charge >= 0.3 is 0 Å². The number of amides is 1. The van der Waals surface area contributed by atoms with Crippen LogP contribution in [0.25, 0.3) is 0 Å². The van der Waals surface area contributed by atoms with Gasteiger partial charge in [-0.25, -0.2) is 0 Å². The van der Waals surface area contributed by atoms with Crippen LogP contribution in [0.2, 0.25) is 0 Å². The maximum atomic E-state index is 13.0. The van der Waals surface area contributed by atoms with Crippen LogP contribution in [-0.2, 0) is 16.1 Å². The third-order valence-corrected chi connectivity index (χ3v) is 6.57. The van der Waals surface area contributed by atoms with E-state index in [1.54, 1.807) is 7.11 Å². The van der Waals surface area contributed by atoms with Gasteiger partial charge in [-0.15, -0.1) is 0 Å². The summed E-state index contributed by atoms with van der Waals surface area (Å²) >= 11 is 0. The normalized spacial score (nSPS) is 30.0. The minimum atomic E-state index is 0.169. The molecule has 4 rings (SSSR count). The van der Waals surface area contributed by atoms with E-state index in [4.69, 9.17) is 9.47 Å². The van der Waals surface area contributed by atoms with Gasteiger partial charge < -0.3 is 14.4 Å². The van der Waals surface area contributed by atoms with Crippen molar-refractivity contribution in [1.29, 1.82) is 0 Å². The smallest absolute Gasteiger partial charge is 0.236 e. The summed E-state index contributed by atoms with van der Waals surface area (Å²) in [5.41, 5.74) is 1.64. The minimum Gasteiger partial charge on any atom is -0.492 e. The molecule has 142 valence electrons. The Kier molecular flexibility index (Phi) is 4.48. The Morgan fingerprint density at radius 3 is 2.92 bits per heavy atom. The van der Waals surface area contributed by atoms with Gasteiger partial charge in [0.2, 0.25) is 5.91 Å². The summed E-state index contributed by atoms with van der Waals surface area (Å²) in [6.45, 7) is 9.77. The second kappa shape index (κ2) is 6.54. The zero-order chi connectivity index (χ0) is 18.4. The van der Waals surface area contributed by atoms with E-state index in [1.165, 1.54) is 0 Å². The lowest BCUT2D eigenvalue weighted by molar-refractivity contribution is -0.132. The van der Waals surface area contributed by atoms with Crippen LogP contribution in [0.5, 0.6) is 5.75 Å². The fraction of sp³-hybridized carbons (Fsp3) is 0.667. The highest BCUT2D eigenvalue weighted by atomic mass is 16.5. The maximum Gasteiger partial charge on any atom is 0.236 e. The zero-order valence-electron chi connectivity index (χ0n) is 16.2. The molecule has 3 aliphatic rings. The summed E-state index contributed by atoms with van der Waals surface area (Å²) in [6, 6.07) is 8.12. The van der Waals surface area contributed by atoms with E-state index >= 15 is 0 Å². The molecule has 5 heteroatoms. The van der Waals surface area contributed by atoms with E-state index in [-0.39, 0.29) is 11.3 Å². The zero-order valence-corrected chi connectivity index (χ0v) is 16.2. The van der Waals surface area contributed by atoms with E-state index in [0.717, 1.165) is 50.5 Å². The molecule has 1 aromatic carbocycles. The average molecular weight is 358 g/mol. The number of fused-ring (bicyclic) bond motifs is 2. The minimum absolute atomic E-state index is 0.169. The van der Waals surface area contributed by atoms with E-state index in [1.807, 2.05) is 18.2 Å². The summed E-state index contributed by atoms with van der Waals surface area (Å²) < 4.78 is 11.3. The van der Waals surface area contributed by atoms with Crippen molar-refractivity contribution in [2.45, 2.75) is 26.8 Å². The van der Waals surface area contributed by atoms with Crippen LogP contribution in [0.1, 0.15) is 25.8 Å². The molecule has 2 atom stereocenters. The molecule has 26 heavy (non-hydrogen) atoms. The second-order valence-electron chi connectivity index (χ2n) is 8.95. The molecule has 1 aliphatic carbocycles. The molecule has 1 aromatic rings. The third kappa shape index (κ3) is 3.01. The van der Waals surface area contributed by atoms with Crippen molar-refractivity contribution in [2.75, 3.05) is 46.5 Å². The number of para-hydroxylation sites is 1. The molecule has 2 heterocycles. The van der Waals surface area contributed by atoms with Gasteiger partial charge in [0.05, 0.1) is 13.2 Å². The van der Waals surface area contributed by atoms with Gasteiger partial charge in [0.25, 0.3) is 0 Å². The Morgan fingerprint density at radius 2 is 2.15 bits per heavy atom. The van der Waals surface area contributed by atoms with Gasteiger partial charge in [-0.3, -0.25) is 9.69 Å². The molecule has 0 spiro atoms. The van der Waals surface area contributed by atoms with Crippen molar-refractivity contribution in [3.8, 4) is 5.75 Å². The van der Waals surface area contributed by atoms with Crippen molar-refractivity contribution in [3.05, 3.63) is 29.8 Å². The molecule has 0 radical (unpaired) electrons. The molecule has 5 nitrogen and oxygen atoms in total. The quantitative estimate of drug-likeness (QED) is 0.829. The van der Waals surface area contributed by atoms with Crippen LogP contribution in [-0.4, -0.2) is 62.2 Å². The van der Waals surface area contributed by atoms with Crippen LogP contribution in [0.3, 0.4) is 0 Å². The highest BCUT2D eigenvalue weighted by molar-refractivity contribution is 5.79. The summed E-state index contributed by atoms with van der Waals surface area (Å²) in [5, 5.41) is 0. The van der Waals surface area contributed by atoms with E-state index in [9.17, 15) is 4.79 Å². The fourth-order valence-corrected chi connectivity index (χ4v) is 5.60. The number of methoxy groups -OCH3 is 1. The Labute approximate surface area is 156 Å². The molecule has 1 saturated heterocycles. The van der Waals surface area contributed by atoms with Crippen molar-refractivity contribution in [1.82, 2.24) is 9.80 Å². The maximum absolute atomic E-state index is 13.0. The molecule has 0 unspecified atom stereocenters. The van der Waals surface area contributed by atoms with Crippen molar-refractivity contribution < 1.29 is 14.3 Å². The van der Waals surface area contributed by atoms with Crippen LogP contribution in [0, 0.1) is 16.7 Å². The Balaban J connectivity index is 1.41. The standard InChI is InChI=1S/C21H30N2O3/c1-20(2)13-21(15-25-3)14-23(11-18(20)21)19(24)12-22-8-9-26-17-7-5-4-6-16(17)10-22/h4-7,18H,8-15H2,1-3H3/t18-,21-/m1/s1. The molecule has 0 bridgehead atoms. The predicted molar refractivity (Wildman–Crippen MR) is 100.0 cm³/mol. The lowest BCUT2D eigenvalue weighted by Crippen LogP contribution is -2.55. The molecule has 0 aromatic heterocycles. The van der Waals surface area contributed by atoms with Gasteiger partial charge in [-0.1, -0.05) is 32.0 Å². The Bertz CT molecular complexity index is 690. The van der Waals surface area contributed by atoms with Crippen LogP contribution < -0.4 is 4.74 Å². The van der Waals surface area contributed by atoms with Crippen molar-refractivity contribution >= 4 is 5.91 Å². The Hall–Kier alpha value is -1.59. The summed E-state index contributed by atoms with van der Waals surface area (Å²) in [6.07, 6.45) is 1.15. The molecule has 2 fully saturated rings. The van der Waals surface area contributed by atoms with E-state index in [0.29, 0.717) is 24.5 Å². The number of ether oxygens (including phenoxy) is 2. The summed E-state index contributed by atoms with van der Waals surface area (Å²) in [7, 11) is 1.77. The van der Waals surface area contributed by atoms with Crippen LogP contribution in [0.15, 0.2) is 24.3 Å². The largest absolute Gasteiger partial charge is 0.492 e. The fourth-order valence-electron chi connectivity index (χ4n) is 5.60. The topological polar surface area (TPSA) is 42.0 Å². The monoisotopic (exact) mass is 358 g/mol. The Morgan fingerprint density at radius 1 is 1.35 bits per heavy atom. The first-order valence-corrected chi connectivity index (χ1v) is 9.63. The van der Waals surface area contributed by atoms with Crippen LogP contribution >= 0.6 is 0 Å². The first-order valence-electron chi connectivity index (χ1n) is 9.63. The van der Waals surface area contributed by atoms with Crippen molar-refractivity contribution in [3.63, 3.8) is 0 Å².